The van der Waals surface area contributed by atoms with Gasteiger partial charge in [0.2, 0.25) is 0 Å². The van der Waals surface area contributed by atoms with Gasteiger partial charge in [0.15, 0.2) is 0 Å². The zero-order valence-corrected chi connectivity index (χ0v) is 37.9. The van der Waals surface area contributed by atoms with E-state index >= 15 is 0 Å². The Labute approximate surface area is 379 Å². The number of carbonyl (C=O) groups excluding carboxylic acids is 2. The summed E-state index contributed by atoms with van der Waals surface area (Å²) in [5.74, 6) is 6.05. The second-order valence-electron chi connectivity index (χ2n) is 23.7. The number of hydrogen-bond acceptors (Lipinski definition) is 9. The lowest BCUT2D eigenvalue weighted by Gasteiger charge is -2.73. The molecule has 17 atom stereocenters. The van der Waals surface area contributed by atoms with Gasteiger partial charge in [0, 0.05) is 47.3 Å². The second-order valence-corrected chi connectivity index (χ2v) is 23.7. The van der Waals surface area contributed by atoms with E-state index in [1.165, 1.54) is 25.7 Å². The van der Waals surface area contributed by atoms with Crippen LogP contribution in [0.4, 0.5) is 0 Å². The molecule has 6 N–H and O–H groups in total. The van der Waals surface area contributed by atoms with Crippen LogP contribution in [-0.4, -0.2) is 79.9 Å². The topological polar surface area (TPSA) is 157 Å². The van der Waals surface area contributed by atoms with Crippen LogP contribution in [0.25, 0.3) is 0 Å². The Morgan fingerprint density at radius 1 is 0.938 bits per heavy atom. The Morgan fingerprint density at radius 3 is 2.52 bits per heavy atom. The van der Waals surface area contributed by atoms with Crippen molar-refractivity contribution >= 4 is 12.3 Å². The summed E-state index contributed by atoms with van der Waals surface area (Å²) in [5, 5.41) is 70.1. The van der Waals surface area contributed by atoms with Gasteiger partial charge in [-0.1, -0.05) is 74.7 Å². The number of ether oxygens (including phenoxy) is 1. The molecule has 12 aliphatic rings. The monoisotopic (exact) mass is 874 g/mol. The lowest BCUT2D eigenvalue weighted by molar-refractivity contribution is -0.355. The van der Waals surface area contributed by atoms with Crippen molar-refractivity contribution in [2.24, 2.45) is 75.4 Å². The Kier molecular flexibility index (Phi) is 9.85. The summed E-state index contributed by atoms with van der Waals surface area (Å²) >= 11 is 0. The van der Waals surface area contributed by atoms with E-state index in [1.807, 2.05) is 25.2 Å². The lowest BCUT2D eigenvalue weighted by atomic mass is 9.33. The number of likely N-dealkylation sites (N-methyl/N-ethyl adjacent to an activating group) is 1. The molecule has 11 aliphatic carbocycles. The number of benzene rings is 1. The number of aldehydes is 1. The van der Waals surface area contributed by atoms with Crippen LogP contribution in [0.3, 0.4) is 0 Å². The normalized spacial score (nSPS) is 49.5. The molecule has 1 aliphatic heterocycles. The number of aliphatic hydroxyl groups excluding tert-OH is 2. The largest absolute Gasteiger partial charge is 0.454 e. The molecular weight excluding hydrogens is 803 g/mol. The number of aliphatic hydroxyl groups is 5. The number of allylic oxidation sites excluding steroid dienone is 2. The van der Waals surface area contributed by atoms with Crippen molar-refractivity contribution in [2.75, 3.05) is 7.05 Å². The van der Waals surface area contributed by atoms with Gasteiger partial charge in [-0.2, -0.15) is 0 Å². The van der Waals surface area contributed by atoms with Crippen molar-refractivity contribution in [3.05, 3.63) is 58.7 Å². The van der Waals surface area contributed by atoms with Gasteiger partial charge < -0.3 is 40.4 Å². The van der Waals surface area contributed by atoms with E-state index in [2.05, 4.69) is 29.3 Å². The van der Waals surface area contributed by atoms with Gasteiger partial charge in [-0.15, -0.1) is 0 Å². The number of carbonyl (C=O) groups is 2. The first kappa shape index (κ1) is 42.5. The summed E-state index contributed by atoms with van der Waals surface area (Å²) in [5.41, 5.74) is -4.01. The predicted molar refractivity (Wildman–Crippen MR) is 240 cm³/mol. The molecule has 0 radical (unpaired) electrons. The fourth-order valence-electron chi connectivity index (χ4n) is 19.8. The van der Waals surface area contributed by atoms with Crippen molar-refractivity contribution in [1.29, 1.82) is 0 Å². The summed E-state index contributed by atoms with van der Waals surface area (Å²) in [6, 6.07) is 5.79. The van der Waals surface area contributed by atoms with Crippen molar-refractivity contribution in [3.8, 4) is 11.8 Å². The zero-order chi connectivity index (χ0) is 44.0. The quantitative estimate of drug-likeness (QED) is 0.0862. The average molecular weight is 874 g/mol. The molecule has 13 rings (SSSR count). The molecule has 2 spiro atoms. The van der Waals surface area contributed by atoms with E-state index in [1.54, 1.807) is 6.08 Å². The van der Waals surface area contributed by atoms with Crippen molar-refractivity contribution < 1.29 is 39.9 Å². The van der Waals surface area contributed by atoms with Gasteiger partial charge >= 0.3 is 5.97 Å². The van der Waals surface area contributed by atoms with Gasteiger partial charge in [0.1, 0.15) is 18.0 Å². The molecule has 1 heterocycles. The van der Waals surface area contributed by atoms with Crippen LogP contribution in [0.2, 0.25) is 0 Å². The Bertz CT molecular complexity index is 2210. The molecular formula is C55H71NO8. The summed E-state index contributed by atoms with van der Waals surface area (Å²) in [6.45, 7) is -0.102. The standard InChI is InChI=1S/C55H71NO8/c1-56-44-25-39-33(13-8-15-35(39)29-57)12-4-5-20-51-21-17-45-52(31-58)30-50(18-6-7-19-50)49(60)43-23-34-14-9-16-38(32-10-2-3-11-32)40(34)24-37(55(43,52)63)28-53(45,61)54(51,62)27-36-22-41(44)48-42(47(36)51)26-46(59)64-48/h8-9,13-15,26,31-32,34,36-38,40-41,43-45,47-49,56-57,60-63H,2-3,5-7,10-11,16-25,27-30H2,1H3/t34-,36+,37+,38+,40-,41-,43-,44+,45-,47-,48+,49-,51-,52+,53+,54-,55+/m1/s1. The first-order valence-corrected chi connectivity index (χ1v) is 25.7. The molecule has 0 saturated heterocycles. The maximum absolute atomic E-state index is 14.8. The van der Waals surface area contributed by atoms with Crippen LogP contribution in [0.5, 0.6) is 0 Å². The number of esters is 1. The van der Waals surface area contributed by atoms with Gasteiger partial charge in [0.05, 0.1) is 29.3 Å². The summed E-state index contributed by atoms with van der Waals surface area (Å²) in [4.78, 5) is 28.4. The molecule has 8 fully saturated rings. The number of nitrogens with one attached hydrogen (secondary N) is 1. The minimum absolute atomic E-state index is 0.0734. The van der Waals surface area contributed by atoms with Crippen molar-refractivity contribution in [3.63, 3.8) is 0 Å². The average Bonchev–Trinajstić information content (AvgIpc) is 4.10. The third kappa shape index (κ3) is 5.36. The molecule has 0 aromatic heterocycles. The van der Waals surface area contributed by atoms with Crippen LogP contribution in [0.15, 0.2) is 42.0 Å². The second kappa shape index (κ2) is 14.8. The third-order valence-electron chi connectivity index (χ3n) is 22.0. The van der Waals surface area contributed by atoms with E-state index in [-0.39, 0.29) is 54.6 Å². The summed E-state index contributed by atoms with van der Waals surface area (Å²) in [6.07, 6.45) is 21.2. The van der Waals surface area contributed by atoms with Gasteiger partial charge in [-0.25, -0.2) is 4.79 Å². The molecule has 64 heavy (non-hydrogen) atoms. The highest BCUT2D eigenvalue weighted by Crippen LogP contribution is 2.79. The third-order valence-corrected chi connectivity index (χ3v) is 22.0. The summed E-state index contributed by atoms with van der Waals surface area (Å²) in [7, 11) is 1.95. The molecule has 9 nitrogen and oxygen atoms in total. The number of fused-ring (bicyclic) bond motifs is 7. The Hall–Kier alpha value is -2.84. The predicted octanol–water partition coefficient (Wildman–Crippen LogP) is 6.49. The highest BCUT2D eigenvalue weighted by molar-refractivity contribution is 5.86. The minimum Gasteiger partial charge on any atom is -0.454 e. The first-order chi connectivity index (χ1) is 30.9. The van der Waals surface area contributed by atoms with Gasteiger partial charge in [-0.05, 0) is 160 Å². The van der Waals surface area contributed by atoms with E-state index in [9.17, 15) is 35.1 Å². The smallest absolute Gasteiger partial charge is 0.331 e. The maximum Gasteiger partial charge on any atom is 0.331 e. The highest BCUT2D eigenvalue weighted by atomic mass is 16.5. The van der Waals surface area contributed by atoms with E-state index in [4.69, 9.17) is 4.74 Å². The first-order valence-electron chi connectivity index (χ1n) is 25.7. The van der Waals surface area contributed by atoms with Crippen LogP contribution in [0.1, 0.15) is 139 Å². The van der Waals surface area contributed by atoms with Gasteiger partial charge in [-0.3, -0.25) is 0 Å². The van der Waals surface area contributed by atoms with Gasteiger partial charge in [0.25, 0.3) is 0 Å². The molecule has 0 amide bonds. The Balaban J connectivity index is 1.03. The SMILES string of the molecule is CN[C@H]1Cc2c(cccc2CO)C#CCC[C@]23CC[C@H]4[C@@](O)(C[C@@H]5C[C@@H]6[C@H](C=CC[C@H]6C6CCCC6)C[C@@H]6[C@@H](O)C7(CCCC7)C[C@@]4(C=O)[C@]56O)[C@@]2(O)C[C@@H]2C[C@H]1[C@@H]1OC(=O)C=C1[C@@H]23. The van der Waals surface area contributed by atoms with Crippen LogP contribution < -0.4 is 5.32 Å². The Morgan fingerprint density at radius 2 is 1.75 bits per heavy atom. The fourth-order valence-corrected chi connectivity index (χ4v) is 19.8. The molecule has 8 saturated carbocycles. The van der Waals surface area contributed by atoms with Crippen LogP contribution in [-0.2, 0) is 27.4 Å². The lowest BCUT2D eigenvalue weighted by Crippen LogP contribution is -2.82. The number of rotatable bonds is 4. The number of hydrogen-bond donors (Lipinski definition) is 6. The molecule has 344 valence electrons. The zero-order valence-electron chi connectivity index (χ0n) is 37.9. The molecule has 1 aromatic carbocycles. The fraction of sp³-hybridized carbons (Fsp3) is 0.745. The minimum atomic E-state index is -1.72. The van der Waals surface area contributed by atoms with Crippen LogP contribution >= 0.6 is 0 Å². The van der Waals surface area contributed by atoms with E-state index < -0.39 is 63.0 Å². The van der Waals surface area contributed by atoms with Crippen molar-refractivity contribution in [2.45, 2.75) is 170 Å². The molecule has 4 bridgehead atoms. The maximum atomic E-state index is 14.8. The molecule has 9 heteroatoms. The van der Waals surface area contributed by atoms with E-state index in [0.29, 0.717) is 76.0 Å². The molecule has 1 aromatic rings. The highest BCUT2D eigenvalue weighted by Gasteiger charge is 2.84. The van der Waals surface area contributed by atoms with Crippen molar-refractivity contribution in [1.82, 2.24) is 5.32 Å². The van der Waals surface area contributed by atoms with E-state index in [0.717, 1.165) is 60.7 Å². The molecule has 0 unspecified atom stereocenters. The van der Waals surface area contributed by atoms with Crippen LogP contribution in [0, 0.1) is 87.3 Å². The summed E-state index contributed by atoms with van der Waals surface area (Å²) < 4.78 is 6.32.